The summed E-state index contributed by atoms with van der Waals surface area (Å²) in [5.41, 5.74) is 3.45. The highest BCUT2D eigenvalue weighted by Gasteiger charge is 2.24. The summed E-state index contributed by atoms with van der Waals surface area (Å²) < 4.78 is 6.45. The molecule has 0 radical (unpaired) electrons. The number of amides is 1. The van der Waals surface area contributed by atoms with Crippen molar-refractivity contribution in [2.24, 2.45) is 0 Å². The Morgan fingerprint density at radius 1 is 1.10 bits per heavy atom. The van der Waals surface area contributed by atoms with Gasteiger partial charge in [0.05, 0.1) is 29.4 Å². The first kappa shape index (κ1) is 19.4. The molecule has 4 rings (SSSR count). The van der Waals surface area contributed by atoms with Crippen LogP contribution in [0.2, 0.25) is 5.02 Å². The standard InChI is InChI=1S/C23H19ClN2O2S/c1-15-8-10-19-21(12-15)29-23(25-19)26(14-16-6-4-3-5-7-16)22(27)18-13-17(24)9-11-20(18)28-2/h3-13H,14H2,1-2H3. The van der Waals surface area contributed by atoms with Gasteiger partial charge in [0.2, 0.25) is 0 Å². The smallest absolute Gasteiger partial charge is 0.264 e. The Kier molecular flexibility index (Phi) is 5.51. The molecule has 29 heavy (non-hydrogen) atoms. The average molecular weight is 423 g/mol. The summed E-state index contributed by atoms with van der Waals surface area (Å²) in [4.78, 5) is 20.0. The van der Waals surface area contributed by atoms with E-state index >= 15 is 0 Å². The number of methoxy groups -OCH3 is 1. The van der Waals surface area contributed by atoms with Gasteiger partial charge in [-0.1, -0.05) is 59.3 Å². The monoisotopic (exact) mass is 422 g/mol. The molecule has 4 nitrogen and oxygen atoms in total. The van der Waals surface area contributed by atoms with Crippen LogP contribution in [0.1, 0.15) is 21.5 Å². The first-order valence-electron chi connectivity index (χ1n) is 9.11. The summed E-state index contributed by atoms with van der Waals surface area (Å²) in [5.74, 6) is 0.276. The number of nitrogens with zero attached hydrogens (tertiary/aromatic N) is 2. The molecule has 1 heterocycles. The number of halogens is 1. The normalized spacial score (nSPS) is 10.9. The minimum atomic E-state index is -0.205. The molecule has 6 heteroatoms. The Hall–Kier alpha value is -2.89. The number of carbonyl (C=O) groups is 1. The first-order valence-corrected chi connectivity index (χ1v) is 10.3. The summed E-state index contributed by atoms with van der Waals surface area (Å²) in [7, 11) is 1.54. The molecule has 0 aliphatic heterocycles. The Morgan fingerprint density at radius 3 is 2.66 bits per heavy atom. The van der Waals surface area contributed by atoms with Gasteiger partial charge in [-0.3, -0.25) is 9.69 Å². The van der Waals surface area contributed by atoms with E-state index in [9.17, 15) is 4.79 Å². The Bertz CT molecular complexity index is 1170. The number of carbonyl (C=O) groups excluding carboxylic acids is 1. The number of aromatic nitrogens is 1. The second kappa shape index (κ2) is 8.23. The fourth-order valence-electron chi connectivity index (χ4n) is 3.12. The van der Waals surface area contributed by atoms with Crippen LogP contribution in [-0.2, 0) is 6.54 Å². The number of hydrogen-bond donors (Lipinski definition) is 0. The van der Waals surface area contributed by atoms with Gasteiger partial charge in [0.15, 0.2) is 5.13 Å². The Balaban J connectivity index is 1.81. The molecule has 0 N–H and O–H groups in total. The molecule has 0 saturated carbocycles. The molecule has 0 aliphatic rings. The van der Waals surface area contributed by atoms with Crippen LogP contribution in [0.5, 0.6) is 5.75 Å². The predicted octanol–water partition coefficient (Wildman–Crippen LogP) is 6.11. The third-order valence-electron chi connectivity index (χ3n) is 4.58. The lowest BCUT2D eigenvalue weighted by Crippen LogP contribution is -2.30. The number of aryl methyl sites for hydroxylation is 1. The first-order chi connectivity index (χ1) is 14.0. The largest absolute Gasteiger partial charge is 0.496 e. The van der Waals surface area contributed by atoms with Crippen molar-refractivity contribution in [1.82, 2.24) is 4.98 Å². The second-order valence-electron chi connectivity index (χ2n) is 6.69. The lowest BCUT2D eigenvalue weighted by molar-refractivity contribution is 0.0982. The van der Waals surface area contributed by atoms with E-state index < -0.39 is 0 Å². The SMILES string of the molecule is COc1ccc(Cl)cc1C(=O)N(Cc1ccccc1)c1nc2ccc(C)cc2s1. The molecule has 0 saturated heterocycles. The van der Waals surface area contributed by atoms with E-state index in [1.807, 2.05) is 49.4 Å². The van der Waals surface area contributed by atoms with Crippen LogP contribution in [0, 0.1) is 6.92 Å². The highest BCUT2D eigenvalue weighted by Crippen LogP contribution is 2.33. The van der Waals surface area contributed by atoms with Crippen molar-refractivity contribution in [1.29, 1.82) is 0 Å². The Morgan fingerprint density at radius 2 is 1.90 bits per heavy atom. The zero-order valence-electron chi connectivity index (χ0n) is 16.1. The van der Waals surface area contributed by atoms with Gasteiger partial charge >= 0.3 is 0 Å². The molecule has 146 valence electrons. The van der Waals surface area contributed by atoms with Crippen molar-refractivity contribution in [3.05, 3.63) is 88.4 Å². The van der Waals surface area contributed by atoms with Crippen LogP contribution in [0.4, 0.5) is 5.13 Å². The number of thiazole rings is 1. The van der Waals surface area contributed by atoms with Crippen LogP contribution in [-0.4, -0.2) is 18.0 Å². The van der Waals surface area contributed by atoms with Crippen molar-refractivity contribution >= 4 is 44.2 Å². The molecule has 0 spiro atoms. The van der Waals surface area contributed by atoms with Crippen molar-refractivity contribution in [3.63, 3.8) is 0 Å². The van der Waals surface area contributed by atoms with Gasteiger partial charge in [0.1, 0.15) is 5.75 Å². The Labute approximate surface area is 178 Å². The summed E-state index contributed by atoms with van der Waals surface area (Å²) in [6.07, 6.45) is 0. The highest BCUT2D eigenvalue weighted by molar-refractivity contribution is 7.22. The third kappa shape index (κ3) is 4.11. The van der Waals surface area contributed by atoms with Gasteiger partial charge < -0.3 is 4.74 Å². The molecule has 0 fully saturated rings. The molecule has 3 aromatic carbocycles. The molecule has 0 bridgehead atoms. The van der Waals surface area contributed by atoms with Gasteiger partial charge in [-0.15, -0.1) is 0 Å². The van der Waals surface area contributed by atoms with Crippen molar-refractivity contribution < 1.29 is 9.53 Å². The molecular weight excluding hydrogens is 404 g/mol. The third-order valence-corrected chi connectivity index (χ3v) is 5.86. The maximum atomic E-state index is 13.6. The summed E-state index contributed by atoms with van der Waals surface area (Å²) in [6, 6.07) is 21.0. The molecule has 1 amide bonds. The number of benzene rings is 3. The van der Waals surface area contributed by atoms with Crippen molar-refractivity contribution in [2.75, 3.05) is 12.0 Å². The minimum absolute atomic E-state index is 0.205. The topological polar surface area (TPSA) is 42.4 Å². The van der Waals surface area contributed by atoms with Crippen LogP contribution in [0.25, 0.3) is 10.2 Å². The summed E-state index contributed by atoms with van der Waals surface area (Å²) in [5, 5.41) is 1.12. The van der Waals surface area contributed by atoms with Crippen LogP contribution in [0.15, 0.2) is 66.7 Å². The predicted molar refractivity (Wildman–Crippen MR) is 119 cm³/mol. The number of fused-ring (bicyclic) bond motifs is 1. The van der Waals surface area contributed by atoms with Crippen molar-refractivity contribution in [3.8, 4) is 5.75 Å². The van der Waals surface area contributed by atoms with E-state index in [0.717, 1.165) is 21.3 Å². The van der Waals surface area contributed by atoms with E-state index in [4.69, 9.17) is 21.3 Å². The van der Waals surface area contributed by atoms with E-state index in [1.165, 1.54) is 11.3 Å². The van der Waals surface area contributed by atoms with Gasteiger partial charge in [-0.05, 0) is 48.4 Å². The average Bonchev–Trinajstić information content (AvgIpc) is 3.15. The summed E-state index contributed by atoms with van der Waals surface area (Å²) >= 11 is 7.67. The minimum Gasteiger partial charge on any atom is -0.496 e. The zero-order chi connectivity index (χ0) is 20.4. The molecule has 0 aliphatic carbocycles. The molecule has 4 aromatic rings. The fraction of sp³-hybridized carbons (Fsp3) is 0.130. The molecule has 0 unspecified atom stereocenters. The van der Waals surface area contributed by atoms with Gasteiger partial charge in [-0.2, -0.15) is 0 Å². The highest BCUT2D eigenvalue weighted by atomic mass is 35.5. The fourth-order valence-corrected chi connectivity index (χ4v) is 4.35. The van der Waals surface area contributed by atoms with Crippen molar-refractivity contribution in [2.45, 2.75) is 13.5 Å². The quantitative estimate of drug-likeness (QED) is 0.389. The van der Waals surface area contributed by atoms with E-state index in [-0.39, 0.29) is 5.91 Å². The van der Waals surface area contributed by atoms with Crippen LogP contribution >= 0.6 is 22.9 Å². The summed E-state index contributed by atoms with van der Waals surface area (Å²) in [6.45, 7) is 2.44. The number of hydrogen-bond acceptors (Lipinski definition) is 4. The van der Waals surface area contributed by atoms with E-state index in [2.05, 4.69) is 6.07 Å². The van der Waals surface area contributed by atoms with Gasteiger partial charge in [-0.25, -0.2) is 4.98 Å². The molecule has 1 aromatic heterocycles. The lowest BCUT2D eigenvalue weighted by Gasteiger charge is -2.21. The maximum absolute atomic E-state index is 13.6. The number of ether oxygens (including phenoxy) is 1. The zero-order valence-corrected chi connectivity index (χ0v) is 17.6. The molecule has 0 atom stereocenters. The number of rotatable bonds is 5. The van der Waals surface area contributed by atoms with Gasteiger partial charge in [0.25, 0.3) is 5.91 Å². The number of anilines is 1. The molecular formula is C23H19ClN2O2S. The van der Waals surface area contributed by atoms with Crippen LogP contribution < -0.4 is 9.64 Å². The second-order valence-corrected chi connectivity index (χ2v) is 8.13. The maximum Gasteiger partial charge on any atom is 0.264 e. The van der Waals surface area contributed by atoms with Gasteiger partial charge in [0, 0.05) is 5.02 Å². The van der Waals surface area contributed by atoms with Crippen LogP contribution in [0.3, 0.4) is 0 Å². The van der Waals surface area contributed by atoms with E-state index in [0.29, 0.717) is 28.0 Å². The van der Waals surface area contributed by atoms with E-state index in [1.54, 1.807) is 30.2 Å². The lowest BCUT2D eigenvalue weighted by atomic mass is 10.1.